The van der Waals surface area contributed by atoms with Crippen molar-refractivity contribution in [3.63, 3.8) is 0 Å². The second kappa shape index (κ2) is 13.6. The monoisotopic (exact) mass is 700 g/mol. The lowest BCUT2D eigenvalue weighted by Gasteiger charge is -2.40. The largest absolute Gasteiger partial charge is 0.386 e. The Hall–Kier alpha value is -4.27. The number of hydrogen-bond acceptors (Lipinski definition) is 8. The Morgan fingerprint density at radius 2 is 1.80 bits per heavy atom. The second-order valence-corrected chi connectivity index (χ2v) is 14.9. The fraction of sp³-hybridized carbons (Fsp3) is 0.351. The molecule has 0 aliphatic carbocycles. The van der Waals surface area contributed by atoms with Crippen LogP contribution in [-0.2, 0) is 5.60 Å². The van der Waals surface area contributed by atoms with Gasteiger partial charge < -0.3 is 15.7 Å². The zero-order valence-corrected chi connectivity index (χ0v) is 29.6. The normalized spacial score (nSPS) is 15.3. The van der Waals surface area contributed by atoms with E-state index >= 15 is 0 Å². The summed E-state index contributed by atoms with van der Waals surface area (Å²) >= 11 is 12.8. The molecule has 254 valence electrons. The topological polar surface area (TPSA) is 115 Å². The number of halogens is 3. The second-order valence-electron chi connectivity index (χ2n) is 14.0. The van der Waals surface area contributed by atoms with Crippen LogP contribution in [0.3, 0.4) is 0 Å². The van der Waals surface area contributed by atoms with E-state index in [-0.39, 0.29) is 22.2 Å². The van der Waals surface area contributed by atoms with Crippen LogP contribution < -0.4 is 10.6 Å². The molecule has 0 unspecified atom stereocenters. The van der Waals surface area contributed by atoms with Crippen molar-refractivity contribution in [1.29, 1.82) is 5.26 Å². The first-order valence-electron chi connectivity index (χ1n) is 16.2. The van der Waals surface area contributed by atoms with Crippen molar-refractivity contribution in [3.8, 4) is 6.07 Å². The molecule has 3 N–H and O–H groups in total. The maximum absolute atomic E-state index is 13.9. The van der Waals surface area contributed by atoms with Gasteiger partial charge >= 0.3 is 0 Å². The van der Waals surface area contributed by atoms with E-state index in [0.717, 1.165) is 37.1 Å². The summed E-state index contributed by atoms with van der Waals surface area (Å²) in [5.41, 5.74) is 3.70. The number of anilines is 3. The number of nitrogens with zero attached hydrogens (tertiary/aromatic N) is 6. The molecule has 0 saturated carbocycles. The van der Waals surface area contributed by atoms with Gasteiger partial charge in [0, 0.05) is 40.9 Å². The van der Waals surface area contributed by atoms with Gasteiger partial charge in [0.1, 0.15) is 17.6 Å². The van der Waals surface area contributed by atoms with E-state index in [1.54, 1.807) is 32.0 Å². The summed E-state index contributed by atoms with van der Waals surface area (Å²) in [6, 6.07) is 17.4. The van der Waals surface area contributed by atoms with Gasteiger partial charge in [-0.2, -0.15) is 5.26 Å². The number of aromatic nitrogens is 4. The first-order valence-corrected chi connectivity index (χ1v) is 17.0. The minimum absolute atomic E-state index is 0.0498. The number of pyridine rings is 1. The molecule has 0 bridgehead atoms. The molecule has 0 spiro atoms. The molecule has 12 heteroatoms. The van der Waals surface area contributed by atoms with Crippen LogP contribution in [0, 0.1) is 17.1 Å². The first kappa shape index (κ1) is 34.6. The van der Waals surface area contributed by atoms with Crippen molar-refractivity contribution < 1.29 is 9.50 Å². The van der Waals surface area contributed by atoms with Gasteiger partial charge in [-0.15, -0.1) is 5.10 Å². The van der Waals surface area contributed by atoms with Crippen molar-refractivity contribution in [2.75, 3.05) is 23.7 Å². The van der Waals surface area contributed by atoms with E-state index in [0.29, 0.717) is 38.7 Å². The van der Waals surface area contributed by atoms with Crippen LogP contribution in [-0.4, -0.2) is 48.6 Å². The van der Waals surface area contributed by atoms with Gasteiger partial charge in [0.15, 0.2) is 0 Å². The van der Waals surface area contributed by atoms with Gasteiger partial charge in [0.2, 0.25) is 0 Å². The third-order valence-corrected chi connectivity index (χ3v) is 9.59. The third kappa shape index (κ3) is 7.51. The predicted octanol–water partition coefficient (Wildman–Crippen LogP) is 8.75. The average Bonchev–Trinajstić information content (AvgIpc) is 3.55. The maximum atomic E-state index is 13.9. The fourth-order valence-corrected chi connectivity index (χ4v) is 6.70. The number of benzene rings is 3. The van der Waals surface area contributed by atoms with Gasteiger partial charge in [-0.05, 0) is 88.9 Å². The number of likely N-dealkylation sites (tertiary alicyclic amines) is 1. The minimum atomic E-state index is -1.07. The van der Waals surface area contributed by atoms with Crippen LogP contribution in [0.25, 0.3) is 10.9 Å². The molecule has 49 heavy (non-hydrogen) atoms. The van der Waals surface area contributed by atoms with Crippen LogP contribution >= 0.6 is 23.2 Å². The van der Waals surface area contributed by atoms with Crippen molar-refractivity contribution in [1.82, 2.24) is 24.9 Å². The van der Waals surface area contributed by atoms with E-state index < -0.39 is 17.5 Å². The third-order valence-electron chi connectivity index (χ3n) is 9.08. The van der Waals surface area contributed by atoms with Crippen molar-refractivity contribution in [2.24, 2.45) is 0 Å². The molecule has 9 nitrogen and oxygen atoms in total. The summed E-state index contributed by atoms with van der Waals surface area (Å²) in [6.45, 7) is 12.2. The summed E-state index contributed by atoms with van der Waals surface area (Å²) in [5, 5.41) is 37.9. The Morgan fingerprint density at radius 3 is 2.47 bits per heavy atom. The highest BCUT2D eigenvalue weighted by Gasteiger charge is 2.30. The van der Waals surface area contributed by atoms with E-state index in [4.69, 9.17) is 23.2 Å². The molecule has 1 aliphatic rings. The smallest absolute Gasteiger partial charge is 0.141 e. The summed E-state index contributed by atoms with van der Waals surface area (Å²) in [5.74, 6) is -0.547. The zero-order chi connectivity index (χ0) is 35.1. The number of hydrogen-bond donors (Lipinski definition) is 3. The predicted molar refractivity (Wildman–Crippen MR) is 193 cm³/mol. The summed E-state index contributed by atoms with van der Waals surface area (Å²) in [6.07, 6.45) is 5.40. The lowest BCUT2D eigenvalue weighted by atomic mass is 9.93. The summed E-state index contributed by atoms with van der Waals surface area (Å²) in [7, 11) is 0. The molecule has 3 heterocycles. The number of nitriles is 1. The standard InChI is InChI=1S/C37H39Cl2FN8O/c1-36(2,3)47-13-11-27(12-14-47)48-21-32(45-46-48)34(22-7-6-8-24(15-22)37(4,5)49)44-31-17-25(38)16-28-33(23(19-41)20-42-35(28)31)43-26-9-10-30(40)29(39)18-26/h6-10,15-18,20-21,27,34,44,49H,11-14H2,1-5H3,(H,42,43)/t34-/m0/s1. The molecule has 6 rings (SSSR count). The Balaban J connectivity index is 1.41. The fourth-order valence-electron chi connectivity index (χ4n) is 6.30. The lowest BCUT2D eigenvalue weighted by molar-refractivity contribution is 0.0785. The minimum Gasteiger partial charge on any atom is -0.386 e. The Labute approximate surface area is 295 Å². The Kier molecular flexibility index (Phi) is 9.57. The van der Waals surface area contributed by atoms with Crippen LogP contribution in [0.4, 0.5) is 21.5 Å². The molecule has 1 aliphatic heterocycles. The van der Waals surface area contributed by atoms with Crippen molar-refractivity contribution in [3.05, 3.63) is 105 Å². The van der Waals surface area contributed by atoms with Gasteiger partial charge in [-0.1, -0.05) is 52.7 Å². The number of aliphatic hydroxyl groups is 1. The number of nitrogens with one attached hydrogen (secondary N) is 2. The van der Waals surface area contributed by atoms with Gasteiger partial charge in [-0.3, -0.25) is 9.88 Å². The molecule has 1 atom stereocenters. The highest BCUT2D eigenvalue weighted by Crippen LogP contribution is 2.38. The highest BCUT2D eigenvalue weighted by molar-refractivity contribution is 6.32. The van der Waals surface area contributed by atoms with Crippen LogP contribution in [0.5, 0.6) is 0 Å². The van der Waals surface area contributed by atoms with Crippen LogP contribution in [0.2, 0.25) is 10.0 Å². The highest BCUT2D eigenvalue weighted by atomic mass is 35.5. The molecule has 3 aromatic carbocycles. The van der Waals surface area contributed by atoms with E-state index in [1.165, 1.54) is 18.3 Å². The molecule has 0 amide bonds. The molecular weight excluding hydrogens is 662 g/mol. The number of fused-ring (bicyclic) bond motifs is 1. The molecular formula is C37H39Cl2FN8O. The van der Waals surface area contributed by atoms with E-state index in [9.17, 15) is 14.8 Å². The van der Waals surface area contributed by atoms with E-state index in [1.807, 2.05) is 35.1 Å². The zero-order valence-electron chi connectivity index (χ0n) is 28.1. The van der Waals surface area contributed by atoms with Crippen LogP contribution in [0.1, 0.15) is 81.9 Å². The Morgan fingerprint density at radius 1 is 1.04 bits per heavy atom. The van der Waals surface area contributed by atoms with Crippen LogP contribution in [0.15, 0.2) is 67.0 Å². The van der Waals surface area contributed by atoms with Gasteiger partial charge in [0.25, 0.3) is 0 Å². The van der Waals surface area contributed by atoms with Gasteiger partial charge in [-0.25, -0.2) is 9.07 Å². The van der Waals surface area contributed by atoms with Gasteiger partial charge in [0.05, 0.1) is 51.4 Å². The number of piperidine rings is 1. The summed E-state index contributed by atoms with van der Waals surface area (Å²) in [4.78, 5) is 7.17. The summed E-state index contributed by atoms with van der Waals surface area (Å²) < 4.78 is 15.9. The molecule has 1 saturated heterocycles. The Bertz CT molecular complexity index is 2040. The maximum Gasteiger partial charge on any atom is 0.141 e. The molecule has 2 aromatic heterocycles. The first-order chi connectivity index (χ1) is 23.2. The van der Waals surface area contributed by atoms with E-state index in [2.05, 4.69) is 57.7 Å². The molecule has 1 fully saturated rings. The number of rotatable bonds is 8. The van der Waals surface area contributed by atoms with Crippen molar-refractivity contribution >= 4 is 51.2 Å². The molecule has 0 radical (unpaired) electrons. The lowest BCUT2D eigenvalue weighted by Crippen LogP contribution is -2.46. The molecule has 5 aromatic rings. The SMILES string of the molecule is CC(C)(O)c1cccc([C@H](Nc2cc(Cl)cc3c(Nc4ccc(F)c(Cl)c4)c(C#N)cnc23)c2cn(C3CCN(C(C)(C)C)CC3)nn2)c1. The average molecular weight is 702 g/mol. The quantitative estimate of drug-likeness (QED) is 0.147. The van der Waals surface area contributed by atoms with Crippen molar-refractivity contribution in [2.45, 2.75) is 70.7 Å².